The molecule has 0 saturated heterocycles. The average Bonchev–Trinajstić information content (AvgIpc) is 3.69. The van der Waals surface area contributed by atoms with Gasteiger partial charge in [-0.05, 0) is 66.1 Å². The van der Waals surface area contributed by atoms with Crippen LogP contribution in [0.1, 0.15) is 36.6 Å². The van der Waals surface area contributed by atoms with E-state index in [0.717, 1.165) is 41.1 Å². The minimum atomic E-state index is -4.63. The zero-order chi connectivity index (χ0) is 33.7. The summed E-state index contributed by atoms with van der Waals surface area (Å²) in [5, 5.41) is 0. The zero-order valence-electron chi connectivity index (χ0n) is 26.2. The van der Waals surface area contributed by atoms with Crippen LogP contribution in [0.2, 0.25) is 0 Å². The first-order valence-electron chi connectivity index (χ1n) is 15.7. The summed E-state index contributed by atoms with van der Waals surface area (Å²) < 4.78 is 85.1. The summed E-state index contributed by atoms with van der Waals surface area (Å²) in [4.78, 5) is 7.22. The van der Waals surface area contributed by atoms with E-state index in [9.17, 15) is 22.0 Å². The standard InChI is InChI=1S/C37H34F5N3O3/c1-2-3-18-45-31(34(27-13-15-29(38)16-14-27)43-35(45)28-9-5-4-6-10-28)23-44(22-26-12-17-32-33(20-26)47-24-46-32)21-25-8-7-11-30(19-25)48-37(41,42)36(39)40/h4-17,19-20,36H,2-3,18,21-24H2,1H3. The summed E-state index contributed by atoms with van der Waals surface area (Å²) in [6, 6.07) is 27.5. The van der Waals surface area contributed by atoms with E-state index in [-0.39, 0.29) is 24.9 Å². The molecule has 0 aliphatic carbocycles. The number of nitrogens with zero attached hydrogens (tertiary/aromatic N) is 3. The molecule has 250 valence electrons. The number of hydrogen-bond donors (Lipinski definition) is 0. The summed E-state index contributed by atoms with van der Waals surface area (Å²) >= 11 is 0. The second kappa shape index (κ2) is 14.5. The van der Waals surface area contributed by atoms with Gasteiger partial charge in [0.15, 0.2) is 11.5 Å². The highest BCUT2D eigenvalue weighted by molar-refractivity contribution is 5.68. The van der Waals surface area contributed by atoms with Gasteiger partial charge in [0.05, 0.1) is 11.4 Å². The molecule has 0 atom stereocenters. The fraction of sp³-hybridized carbons (Fsp3) is 0.270. The second-order valence-electron chi connectivity index (χ2n) is 11.6. The Bertz CT molecular complexity index is 1830. The average molecular weight is 664 g/mol. The number of alkyl halides is 4. The monoisotopic (exact) mass is 663 g/mol. The van der Waals surface area contributed by atoms with E-state index in [2.05, 4.69) is 21.1 Å². The van der Waals surface area contributed by atoms with Crippen LogP contribution in [0.4, 0.5) is 22.0 Å². The topological polar surface area (TPSA) is 48.8 Å². The van der Waals surface area contributed by atoms with Gasteiger partial charge in [0.2, 0.25) is 6.79 Å². The number of halogens is 5. The highest BCUT2D eigenvalue weighted by Gasteiger charge is 2.44. The maximum absolute atomic E-state index is 14.0. The largest absolute Gasteiger partial charge is 0.461 e. The summed E-state index contributed by atoms with van der Waals surface area (Å²) in [5.41, 5.74) is 4.72. The molecule has 0 spiro atoms. The third-order valence-electron chi connectivity index (χ3n) is 7.99. The first kappa shape index (κ1) is 33.0. The lowest BCUT2D eigenvalue weighted by atomic mass is 10.1. The van der Waals surface area contributed by atoms with E-state index in [1.807, 2.05) is 48.5 Å². The highest BCUT2D eigenvalue weighted by atomic mass is 19.3. The Labute approximate surface area is 275 Å². The van der Waals surface area contributed by atoms with Crippen molar-refractivity contribution in [2.45, 2.75) is 58.5 Å². The van der Waals surface area contributed by atoms with Crippen molar-refractivity contribution in [3.05, 3.63) is 120 Å². The van der Waals surface area contributed by atoms with Crippen LogP contribution in [-0.4, -0.2) is 33.8 Å². The van der Waals surface area contributed by atoms with Gasteiger partial charge in [-0.1, -0.05) is 61.9 Å². The van der Waals surface area contributed by atoms with Crippen molar-refractivity contribution in [3.63, 3.8) is 0 Å². The van der Waals surface area contributed by atoms with Crippen LogP contribution >= 0.6 is 0 Å². The number of hydrogen-bond acceptors (Lipinski definition) is 5. The molecular formula is C37H34F5N3O3. The zero-order valence-corrected chi connectivity index (χ0v) is 26.2. The lowest BCUT2D eigenvalue weighted by Crippen LogP contribution is -2.33. The van der Waals surface area contributed by atoms with Crippen molar-refractivity contribution in [1.29, 1.82) is 0 Å². The smallest absolute Gasteiger partial charge is 0.454 e. The predicted molar refractivity (Wildman–Crippen MR) is 172 cm³/mol. The molecule has 0 N–H and O–H groups in total. The van der Waals surface area contributed by atoms with E-state index < -0.39 is 12.5 Å². The molecule has 5 aromatic rings. The minimum Gasteiger partial charge on any atom is -0.454 e. The SMILES string of the molecule is CCCCn1c(-c2ccccc2)nc(-c2ccc(F)cc2)c1CN(Cc1cccc(OC(F)(F)C(F)F)c1)Cc1ccc2c(c1)OCO2. The molecule has 0 bridgehead atoms. The number of rotatable bonds is 14. The van der Waals surface area contributed by atoms with Crippen molar-refractivity contribution in [2.75, 3.05) is 6.79 Å². The minimum absolute atomic E-state index is 0.123. The van der Waals surface area contributed by atoms with Crippen LogP contribution in [0.25, 0.3) is 22.6 Å². The van der Waals surface area contributed by atoms with Gasteiger partial charge < -0.3 is 18.8 Å². The third kappa shape index (κ3) is 7.62. The van der Waals surface area contributed by atoms with Crippen molar-refractivity contribution in [1.82, 2.24) is 14.5 Å². The number of unbranched alkanes of at least 4 members (excludes halogenated alkanes) is 1. The van der Waals surface area contributed by atoms with Crippen LogP contribution < -0.4 is 14.2 Å². The lowest BCUT2D eigenvalue weighted by molar-refractivity contribution is -0.253. The summed E-state index contributed by atoms with van der Waals surface area (Å²) in [5.74, 6) is 1.29. The van der Waals surface area contributed by atoms with Crippen molar-refractivity contribution in [2.24, 2.45) is 0 Å². The highest BCUT2D eigenvalue weighted by Crippen LogP contribution is 2.35. The molecule has 0 amide bonds. The second-order valence-corrected chi connectivity index (χ2v) is 11.6. The van der Waals surface area contributed by atoms with E-state index in [0.29, 0.717) is 42.4 Å². The fourth-order valence-corrected chi connectivity index (χ4v) is 5.69. The maximum atomic E-state index is 14.0. The van der Waals surface area contributed by atoms with Gasteiger partial charge in [0.1, 0.15) is 17.4 Å². The molecule has 4 aromatic carbocycles. The van der Waals surface area contributed by atoms with Crippen molar-refractivity contribution < 1.29 is 36.2 Å². The molecule has 0 saturated carbocycles. The van der Waals surface area contributed by atoms with Crippen molar-refractivity contribution in [3.8, 4) is 39.9 Å². The van der Waals surface area contributed by atoms with Crippen LogP contribution in [0, 0.1) is 5.82 Å². The lowest BCUT2D eigenvalue weighted by Gasteiger charge is -2.25. The maximum Gasteiger partial charge on any atom is 0.461 e. The molecule has 0 radical (unpaired) electrons. The van der Waals surface area contributed by atoms with Crippen LogP contribution in [0.3, 0.4) is 0 Å². The number of benzene rings is 4. The van der Waals surface area contributed by atoms with Crippen molar-refractivity contribution >= 4 is 0 Å². The predicted octanol–water partition coefficient (Wildman–Crippen LogP) is 9.32. The molecule has 1 aromatic heterocycles. The Kier molecular flexibility index (Phi) is 9.95. The normalized spacial score (nSPS) is 12.7. The van der Waals surface area contributed by atoms with Crippen LogP contribution in [-0.2, 0) is 26.2 Å². The Hall–Kier alpha value is -4.90. The molecule has 2 heterocycles. The van der Waals surface area contributed by atoms with Gasteiger partial charge in [-0.25, -0.2) is 9.37 Å². The van der Waals surface area contributed by atoms with E-state index >= 15 is 0 Å². The van der Waals surface area contributed by atoms with E-state index in [4.69, 9.17) is 14.5 Å². The van der Waals surface area contributed by atoms with Crippen LogP contribution in [0.15, 0.2) is 97.1 Å². The number of imidazole rings is 1. The Morgan fingerprint density at radius 1 is 0.833 bits per heavy atom. The first-order chi connectivity index (χ1) is 23.2. The molecular weight excluding hydrogens is 629 g/mol. The van der Waals surface area contributed by atoms with Gasteiger partial charge >= 0.3 is 12.5 Å². The number of ether oxygens (including phenoxy) is 3. The van der Waals surface area contributed by atoms with Gasteiger partial charge in [-0.3, -0.25) is 4.90 Å². The van der Waals surface area contributed by atoms with Gasteiger partial charge in [-0.2, -0.15) is 17.6 Å². The van der Waals surface area contributed by atoms with Gasteiger partial charge in [0.25, 0.3) is 0 Å². The molecule has 0 fully saturated rings. The third-order valence-corrected chi connectivity index (χ3v) is 7.99. The summed E-state index contributed by atoms with van der Waals surface area (Å²) in [7, 11) is 0. The first-order valence-corrected chi connectivity index (χ1v) is 15.7. The Balaban J connectivity index is 1.42. The molecule has 1 aliphatic heterocycles. The molecule has 1 aliphatic rings. The van der Waals surface area contributed by atoms with Gasteiger partial charge in [0, 0.05) is 37.3 Å². The molecule has 11 heteroatoms. The molecule has 0 unspecified atom stereocenters. The van der Waals surface area contributed by atoms with Gasteiger partial charge in [-0.15, -0.1) is 0 Å². The Morgan fingerprint density at radius 3 is 2.29 bits per heavy atom. The Morgan fingerprint density at radius 2 is 1.56 bits per heavy atom. The fourth-order valence-electron chi connectivity index (χ4n) is 5.69. The summed E-state index contributed by atoms with van der Waals surface area (Å²) in [6.45, 7) is 3.90. The molecule has 48 heavy (non-hydrogen) atoms. The molecule has 6 nitrogen and oxygen atoms in total. The summed E-state index contributed by atoms with van der Waals surface area (Å²) in [6.07, 6.45) is -6.79. The number of fused-ring (bicyclic) bond motifs is 1. The van der Waals surface area contributed by atoms with E-state index in [1.54, 1.807) is 18.2 Å². The number of aromatic nitrogens is 2. The molecule has 6 rings (SSSR count). The van der Waals surface area contributed by atoms with Crippen LogP contribution in [0.5, 0.6) is 17.2 Å². The quantitative estimate of drug-likeness (QED) is 0.111. The van der Waals surface area contributed by atoms with E-state index in [1.165, 1.54) is 30.3 Å².